The third-order valence-corrected chi connectivity index (χ3v) is 3.72. The average Bonchev–Trinajstić information content (AvgIpc) is 2.56. The molecule has 1 heterocycles. The van der Waals surface area contributed by atoms with E-state index >= 15 is 0 Å². The monoisotopic (exact) mass is 361 g/mol. The van der Waals surface area contributed by atoms with Gasteiger partial charge in [0.2, 0.25) is 11.6 Å². The number of aryl methyl sites for hydroxylation is 1. The molecule has 0 fully saturated rings. The van der Waals surface area contributed by atoms with Gasteiger partial charge in [-0.15, -0.1) is 0 Å². The fourth-order valence-corrected chi connectivity index (χ4v) is 2.60. The summed E-state index contributed by atoms with van der Waals surface area (Å²) in [5.41, 5.74) is -1.34. The number of fused-ring (bicyclic) bond motifs is 1. The Morgan fingerprint density at radius 3 is 2.58 bits per heavy atom. The van der Waals surface area contributed by atoms with Crippen molar-refractivity contribution in [2.75, 3.05) is 5.32 Å². The predicted octanol–water partition coefficient (Wildman–Crippen LogP) is 3.36. The fraction of sp³-hybridized carbons (Fsp3) is 0.167. The zero-order valence-electron chi connectivity index (χ0n) is 13.7. The van der Waals surface area contributed by atoms with Crippen molar-refractivity contribution in [2.24, 2.45) is 0 Å². The topological polar surface area (TPSA) is 64.0 Å². The number of carbonyl (C=O) groups is 1. The normalized spacial score (nSPS) is 11.5. The summed E-state index contributed by atoms with van der Waals surface area (Å²) in [6.45, 7) is 1.28. The second-order valence-electron chi connectivity index (χ2n) is 5.76. The first kappa shape index (κ1) is 17.7. The number of aromatic nitrogens is 2. The number of amides is 1. The van der Waals surface area contributed by atoms with Gasteiger partial charge in [-0.25, -0.2) is 4.98 Å². The van der Waals surface area contributed by atoms with Crippen molar-refractivity contribution in [1.82, 2.24) is 9.55 Å². The van der Waals surface area contributed by atoms with Gasteiger partial charge in [-0.05, 0) is 36.8 Å². The Morgan fingerprint density at radius 1 is 1.15 bits per heavy atom. The van der Waals surface area contributed by atoms with E-state index < -0.39 is 29.9 Å². The van der Waals surface area contributed by atoms with E-state index in [-0.39, 0.29) is 11.0 Å². The van der Waals surface area contributed by atoms with E-state index in [4.69, 9.17) is 0 Å². The maximum Gasteiger partial charge on any atom is 0.438 e. The molecule has 3 rings (SSSR count). The molecule has 5 nitrogen and oxygen atoms in total. The maximum absolute atomic E-state index is 13.1. The van der Waals surface area contributed by atoms with Crippen molar-refractivity contribution in [3.8, 4) is 0 Å². The van der Waals surface area contributed by atoms with Crippen LogP contribution in [0.25, 0.3) is 11.0 Å². The summed E-state index contributed by atoms with van der Waals surface area (Å²) < 4.78 is 40.1. The minimum atomic E-state index is -4.91. The molecule has 1 N–H and O–H groups in total. The van der Waals surface area contributed by atoms with Crippen molar-refractivity contribution in [3.63, 3.8) is 0 Å². The van der Waals surface area contributed by atoms with Crippen LogP contribution in [0.1, 0.15) is 11.3 Å². The second-order valence-corrected chi connectivity index (χ2v) is 5.76. The lowest BCUT2D eigenvalue weighted by Gasteiger charge is -2.13. The Hall–Kier alpha value is -3.16. The Balaban J connectivity index is 2.02. The third kappa shape index (κ3) is 3.58. The predicted molar refractivity (Wildman–Crippen MR) is 90.8 cm³/mol. The van der Waals surface area contributed by atoms with E-state index in [9.17, 15) is 22.8 Å². The number of para-hydroxylation sites is 2. The number of benzene rings is 2. The van der Waals surface area contributed by atoms with Crippen LogP contribution in [0.5, 0.6) is 0 Å². The second kappa shape index (κ2) is 6.62. The van der Waals surface area contributed by atoms with Crippen molar-refractivity contribution >= 4 is 22.6 Å². The van der Waals surface area contributed by atoms with Crippen molar-refractivity contribution in [2.45, 2.75) is 19.6 Å². The SMILES string of the molecule is Cc1cccc(NC(=O)Cn2c(=O)c(C(F)(F)F)nc3ccccc32)c1. The molecule has 8 heteroatoms. The maximum atomic E-state index is 13.1. The molecule has 26 heavy (non-hydrogen) atoms. The van der Waals surface area contributed by atoms with Gasteiger partial charge >= 0.3 is 6.18 Å². The smallest absolute Gasteiger partial charge is 0.325 e. The van der Waals surface area contributed by atoms with Gasteiger partial charge in [0.15, 0.2) is 0 Å². The van der Waals surface area contributed by atoms with Gasteiger partial charge in [0.1, 0.15) is 6.54 Å². The van der Waals surface area contributed by atoms with Crippen LogP contribution >= 0.6 is 0 Å². The molecule has 1 aromatic heterocycles. The van der Waals surface area contributed by atoms with Gasteiger partial charge in [0.25, 0.3) is 5.56 Å². The number of halogens is 3. The molecular formula is C18H14F3N3O2. The highest BCUT2D eigenvalue weighted by atomic mass is 19.4. The minimum Gasteiger partial charge on any atom is -0.325 e. The number of rotatable bonds is 3. The molecule has 0 spiro atoms. The first-order chi connectivity index (χ1) is 12.3. The molecule has 0 aliphatic carbocycles. The van der Waals surface area contributed by atoms with Crippen LogP contribution < -0.4 is 10.9 Å². The van der Waals surface area contributed by atoms with Crippen molar-refractivity contribution in [3.05, 3.63) is 70.1 Å². The zero-order valence-corrected chi connectivity index (χ0v) is 13.7. The summed E-state index contributed by atoms with van der Waals surface area (Å²) >= 11 is 0. The number of anilines is 1. The summed E-state index contributed by atoms with van der Waals surface area (Å²) in [7, 11) is 0. The van der Waals surface area contributed by atoms with Gasteiger partial charge in [-0.3, -0.25) is 14.2 Å². The Morgan fingerprint density at radius 2 is 1.88 bits per heavy atom. The summed E-state index contributed by atoms with van der Waals surface area (Å²) in [6.07, 6.45) is -4.91. The highest BCUT2D eigenvalue weighted by molar-refractivity contribution is 5.91. The lowest BCUT2D eigenvalue weighted by molar-refractivity contribution is -0.142. The molecule has 0 aliphatic rings. The van der Waals surface area contributed by atoms with E-state index in [0.29, 0.717) is 5.69 Å². The summed E-state index contributed by atoms with van der Waals surface area (Å²) in [5.74, 6) is -0.609. The van der Waals surface area contributed by atoms with Crippen LogP contribution in [0.15, 0.2) is 53.3 Å². The minimum absolute atomic E-state index is 0.0113. The highest BCUT2D eigenvalue weighted by Gasteiger charge is 2.37. The Labute approximate surface area is 146 Å². The van der Waals surface area contributed by atoms with Crippen LogP contribution in [0, 0.1) is 6.92 Å². The van der Waals surface area contributed by atoms with E-state index in [1.165, 1.54) is 18.2 Å². The van der Waals surface area contributed by atoms with Crippen molar-refractivity contribution < 1.29 is 18.0 Å². The molecule has 1 amide bonds. The van der Waals surface area contributed by atoms with Crippen LogP contribution in [0.2, 0.25) is 0 Å². The molecular weight excluding hydrogens is 347 g/mol. The Bertz CT molecular complexity index is 1040. The number of hydrogen-bond donors (Lipinski definition) is 1. The lowest BCUT2D eigenvalue weighted by Crippen LogP contribution is -2.34. The van der Waals surface area contributed by atoms with E-state index in [1.54, 1.807) is 24.3 Å². The molecule has 3 aromatic rings. The molecule has 0 bridgehead atoms. The standard InChI is InChI=1S/C18H14F3N3O2/c1-11-5-4-6-12(9-11)22-15(25)10-24-14-8-3-2-7-13(14)23-16(17(24)26)18(19,20)21/h2-9H,10H2,1H3,(H,22,25). The Kier molecular flexibility index (Phi) is 4.50. The van der Waals surface area contributed by atoms with E-state index in [1.807, 2.05) is 13.0 Å². The third-order valence-electron chi connectivity index (χ3n) is 3.72. The van der Waals surface area contributed by atoms with Crippen molar-refractivity contribution in [1.29, 1.82) is 0 Å². The number of alkyl halides is 3. The summed E-state index contributed by atoms with van der Waals surface area (Å²) in [5, 5.41) is 2.58. The number of carbonyl (C=O) groups excluding carboxylic acids is 1. The fourth-order valence-electron chi connectivity index (χ4n) is 2.60. The summed E-state index contributed by atoms with van der Waals surface area (Å²) in [6, 6.07) is 12.8. The van der Waals surface area contributed by atoms with Gasteiger partial charge < -0.3 is 5.32 Å². The quantitative estimate of drug-likeness (QED) is 0.778. The molecule has 134 valence electrons. The van der Waals surface area contributed by atoms with Gasteiger partial charge in [-0.2, -0.15) is 13.2 Å². The van der Waals surface area contributed by atoms with Gasteiger partial charge in [0.05, 0.1) is 11.0 Å². The zero-order chi connectivity index (χ0) is 18.9. The number of nitrogens with zero attached hydrogens (tertiary/aromatic N) is 2. The largest absolute Gasteiger partial charge is 0.438 e. The first-order valence-corrected chi connectivity index (χ1v) is 7.69. The van der Waals surface area contributed by atoms with Gasteiger partial charge in [0, 0.05) is 5.69 Å². The van der Waals surface area contributed by atoms with Crippen LogP contribution in [0.3, 0.4) is 0 Å². The number of nitrogens with one attached hydrogen (secondary N) is 1. The number of hydrogen-bond acceptors (Lipinski definition) is 3. The average molecular weight is 361 g/mol. The molecule has 0 radical (unpaired) electrons. The molecule has 2 aromatic carbocycles. The molecule has 0 saturated carbocycles. The molecule has 0 unspecified atom stereocenters. The summed E-state index contributed by atoms with van der Waals surface area (Å²) in [4.78, 5) is 28.0. The lowest BCUT2D eigenvalue weighted by atomic mass is 10.2. The van der Waals surface area contributed by atoms with Crippen LogP contribution in [0.4, 0.5) is 18.9 Å². The van der Waals surface area contributed by atoms with Crippen LogP contribution in [-0.4, -0.2) is 15.5 Å². The highest BCUT2D eigenvalue weighted by Crippen LogP contribution is 2.26. The van der Waals surface area contributed by atoms with Gasteiger partial charge in [-0.1, -0.05) is 24.3 Å². The van der Waals surface area contributed by atoms with E-state index in [0.717, 1.165) is 10.1 Å². The molecule has 0 saturated heterocycles. The molecule has 0 atom stereocenters. The first-order valence-electron chi connectivity index (χ1n) is 7.69. The van der Waals surface area contributed by atoms with E-state index in [2.05, 4.69) is 10.3 Å². The van der Waals surface area contributed by atoms with Crippen LogP contribution in [-0.2, 0) is 17.5 Å². The molecule has 0 aliphatic heterocycles.